The zero-order valence-corrected chi connectivity index (χ0v) is 12.4. The van der Waals surface area contributed by atoms with Crippen molar-refractivity contribution in [1.82, 2.24) is 4.90 Å². The van der Waals surface area contributed by atoms with Crippen molar-refractivity contribution in [2.75, 3.05) is 13.6 Å². The van der Waals surface area contributed by atoms with Gasteiger partial charge in [-0.1, -0.05) is 24.3 Å². The SMILES string of the molecule is Cc1c(F)cc(OC2CN(C)Cc3ccccc32)c(F)c1F. The van der Waals surface area contributed by atoms with E-state index in [2.05, 4.69) is 0 Å². The van der Waals surface area contributed by atoms with Crippen LogP contribution in [0.1, 0.15) is 22.8 Å². The maximum Gasteiger partial charge on any atom is 0.201 e. The Morgan fingerprint density at radius 3 is 2.64 bits per heavy atom. The Hall–Kier alpha value is -2.01. The maximum atomic E-state index is 14.0. The molecule has 116 valence electrons. The molecule has 0 fully saturated rings. The summed E-state index contributed by atoms with van der Waals surface area (Å²) in [5, 5.41) is 0. The molecule has 1 aliphatic heterocycles. The maximum absolute atomic E-state index is 14.0. The fourth-order valence-electron chi connectivity index (χ4n) is 2.73. The van der Waals surface area contributed by atoms with Crippen LogP contribution < -0.4 is 4.74 Å². The van der Waals surface area contributed by atoms with Gasteiger partial charge in [-0.15, -0.1) is 0 Å². The van der Waals surface area contributed by atoms with Gasteiger partial charge in [-0.2, -0.15) is 4.39 Å². The van der Waals surface area contributed by atoms with Gasteiger partial charge in [0.1, 0.15) is 11.9 Å². The van der Waals surface area contributed by atoms with E-state index in [0.717, 1.165) is 23.7 Å². The Labute approximate surface area is 127 Å². The predicted molar refractivity (Wildman–Crippen MR) is 77.2 cm³/mol. The summed E-state index contributed by atoms with van der Waals surface area (Å²) in [4.78, 5) is 2.02. The van der Waals surface area contributed by atoms with E-state index in [1.54, 1.807) is 0 Å². The molecular formula is C17H16F3NO. The van der Waals surface area contributed by atoms with Crippen molar-refractivity contribution in [1.29, 1.82) is 0 Å². The fraction of sp³-hybridized carbons (Fsp3) is 0.294. The number of halogens is 3. The van der Waals surface area contributed by atoms with Gasteiger partial charge in [0, 0.05) is 24.7 Å². The fourth-order valence-corrected chi connectivity index (χ4v) is 2.73. The highest BCUT2D eigenvalue weighted by Gasteiger charge is 2.27. The van der Waals surface area contributed by atoms with Crippen molar-refractivity contribution in [2.24, 2.45) is 0 Å². The first-order chi connectivity index (χ1) is 10.5. The van der Waals surface area contributed by atoms with Crippen LogP contribution in [-0.4, -0.2) is 18.5 Å². The van der Waals surface area contributed by atoms with Crippen LogP contribution in [0.3, 0.4) is 0 Å². The monoisotopic (exact) mass is 307 g/mol. The van der Waals surface area contributed by atoms with Crippen molar-refractivity contribution in [3.05, 3.63) is 64.5 Å². The van der Waals surface area contributed by atoms with Gasteiger partial charge in [-0.25, -0.2) is 8.78 Å². The average Bonchev–Trinajstić information content (AvgIpc) is 2.50. The second kappa shape index (κ2) is 5.65. The second-order valence-electron chi connectivity index (χ2n) is 5.61. The highest BCUT2D eigenvalue weighted by Crippen LogP contribution is 2.33. The lowest BCUT2D eigenvalue weighted by molar-refractivity contribution is 0.122. The van der Waals surface area contributed by atoms with E-state index in [9.17, 15) is 13.2 Å². The van der Waals surface area contributed by atoms with Gasteiger partial charge in [0.25, 0.3) is 0 Å². The number of hydrogen-bond acceptors (Lipinski definition) is 2. The number of rotatable bonds is 2. The molecule has 0 amide bonds. The van der Waals surface area contributed by atoms with Gasteiger partial charge in [0.2, 0.25) is 5.82 Å². The number of nitrogens with zero attached hydrogens (tertiary/aromatic N) is 1. The van der Waals surface area contributed by atoms with E-state index >= 15 is 0 Å². The molecule has 0 aliphatic carbocycles. The molecule has 2 nitrogen and oxygen atoms in total. The lowest BCUT2D eigenvalue weighted by Crippen LogP contribution is -2.33. The summed E-state index contributed by atoms with van der Waals surface area (Å²) in [7, 11) is 1.92. The quantitative estimate of drug-likeness (QED) is 0.778. The van der Waals surface area contributed by atoms with Crippen molar-refractivity contribution in [2.45, 2.75) is 19.6 Å². The summed E-state index contributed by atoms with van der Waals surface area (Å²) < 4.78 is 46.9. The minimum absolute atomic E-state index is 0.342. The first kappa shape index (κ1) is 14.9. The Morgan fingerprint density at radius 1 is 1.14 bits per heavy atom. The van der Waals surface area contributed by atoms with Gasteiger partial charge < -0.3 is 4.74 Å². The van der Waals surface area contributed by atoms with Crippen LogP contribution in [0.2, 0.25) is 0 Å². The molecule has 0 saturated heterocycles. The number of likely N-dealkylation sites (N-methyl/N-ethyl adjacent to an activating group) is 1. The van der Waals surface area contributed by atoms with Gasteiger partial charge in [0.05, 0.1) is 0 Å². The number of ether oxygens (including phenoxy) is 1. The molecule has 0 aromatic heterocycles. The van der Waals surface area contributed by atoms with Crippen molar-refractivity contribution in [3.63, 3.8) is 0 Å². The summed E-state index contributed by atoms with van der Waals surface area (Å²) in [6.45, 7) is 2.48. The molecule has 0 bridgehead atoms. The smallest absolute Gasteiger partial charge is 0.201 e. The molecule has 1 unspecified atom stereocenters. The Morgan fingerprint density at radius 2 is 1.86 bits per heavy atom. The van der Waals surface area contributed by atoms with Gasteiger partial charge in [0.15, 0.2) is 11.6 Å². The largest absolute Gasteiger partial charge is 0.481 e. The van der Waals surface area contributed by atoms with Crippen molar-refractivity contribution < 1.29 is 17.9 Å². The van der Waals surface area contributed by atoms with Gasteiger partial charge >= 0.3 is 0 Å². The molecule has 0 saturated carbocycles. The van der Waals surface area contributed by atoms with Crippen LogP contribution >= 0.6 is 0 Å². The molecule has 2 aromatic carbocycles. The Bertz CT molecular complexity index is 717. The molecule has 1 aliphatic rings. The summed E-state index contributed by atoms with van der Waals surface area (Å²) >= 11 is 0. The predicted octanol–water partition coefficient (Wildman–Crippen LogP) is 3.98. The lowest BCUT2D eigenvalue weighted by atomic mass is 9.97. The first-order valence-electron chi connectivity index (χ1n) is 7.04. The molecule has 1 atom stereocenters. The molecule has 22 heavy (non-hydrogen) atoms. The number of fused-ring (bicyclic) bond motifs is 1. The molecule has 0 N–H and O–H groups in total. The number of benzene rings is 2. The zero-order valence-electron chi connectivity index (χ0n) is 12.4. The van der Waals surface area contributed by atoms with Gasteiger partial charge in [-0.3, -0.25) is 4.90 Å². The van der Waals surface area contributed by atoms with E-state index in [-0.39, 0.29) is 5.56 Å². The molecule has 3 rings (SSSR count). The normalized spacial score (nSPS) is 18.1. The summed E-state index contributed by atoms with van der Waals surface area (Å²) in [6.07, 6.45) is -0.467. The second-order valence-corrected chi connectivity index (χ2v) is 5.61. The van der Waals surface area contributed by atoms with E-state index in [0.29, 0.717) is 6.54 Å². The summed E-state index contributed by atoms with van der Waals surface area (Å²) in [6, 6.07) is 8.55. The summed E-state index contributed by atoms with van der Waals surface area (Å²) in [5.41, 5.74) is 1.64. The van der Waals surface area contributed by atoms with E-state index < -0.39 is 29.3 Å². The van der Waals surface area contributed by atoms with Crippen LogP contribution in [0.15, 0.2) is 30.3 Å². The van der Waals surface area contributed by atoms with Crippen molar-refractivity contribution >= 4 is 0 Å². The zero-order chi connectivity index (χ0) is 15.9. The standard InChI is InChI=1S/C17H16F3NO/c1-10-13(18)7-14(17(20)16(10)19)22-15-9-21(2)8-11-5-3-4-6-12(11)15/h3-7,15H,8-9H2,1-2H3. The van der Waals surface area contributed by atoms with E-state index in [1.165, 1.54) is 6.92 Å². The molecule has 5 heteroatoms. The third-order valence-electron chi connectivity index (χ3n) is 3.94. The van der Waals surface area contributed by atoms with E-state index in [1.807, 2.05) is 36.2 Å². The van der Waals surface area contributed by atoms with Gasteiger partial charge in [-0.05, 0) is 25.1 Å². The van der Waals surface area contributed by atoms with Crippen LogP contribution in [0.5, 0.6) is 5.75 Å². The highest BCUT2D eigenvalue weighted by molar-refractivity contribution is 5.35. The van der Waals surface area contributed by atoms with Crippen LogP contribution in [0, 0.1) is 24.4 Å². The Kier molecular flexibility index (Phi) is 3.83. The topological polar surface area (TPSA) is 12.5 Å². The molecule has 0 radical (unpaired) electrons. The molecule has 1 heterocycles. The third-order valence-corrected chi connectivity index (χ3v) is 3.94. The first-order valence-corrected chi connectivity index (χ1v) is 7.04. The molecule has 2 aromatic rings. The van der Waals surface area contributed by atoms with Crippen LogP contribution in [-0.2, 0) is 6.54 Å². The van der Waals surface area contributed by atoms with Crippen LogP contribution in [0.25, 0.3) is 0 Å². The van der Waals surface area contributed by atoms with Crippen molar-refractivity contribution in [3.8, 4) is 5.75 Å². The molecule has 0 spiro atoms. The third kappa shape index (κ3) is 2.57. The average molecular weight is 307 g/mol. The minimum Gasteiger partial charge on any atom is -0.481 e. The van der Waals surface area contributed by atoms with E-state index in [4.69, 9.17) is 4.74 Å². The highest BCUT2D eigenvalue weighted by atomic mass is 19.2. The minimum atomic E-state index is -1.20. The lowest BCUT2D eigenvalue weighted by Gasteiger charge is -2.32. The van der Waals surface area contributed by atoms with Crippen LogP contribution in [0.4, 0.5) is 13.2 Å². The molecular weight excluding hydrogens is 291 g/mol. The Balaban J connectivity index is 1.97. The number of hydrogen-bond donors (Lipinski definition) is 0. The summed E-state index contributed by atoms with van der Waals surface area (Å²) in [5.74, 6) is -3.56.